The molecule has 2 N–H and O–H groups in total. The maximum atomic E-state index is 11.9. The number of rotatable bonds is 4. The highest BCUT2D eigenvalue weighted by Crippen LogP contribution is 2.34. The quantitative estimate of drug-likeness (QED) is 0.611. The van der Waals surface area contributed by atoms with Crippen molar-refractivity contribution in [3.05, 3.63) is 30.3 Å². The van der Waals surface area contributed by atoms with E-state index in [1.54, 1.807) is 24.3 Å². The molecule has 5 nitrogen and oxygen atoms in total. The summed E-state index contributed by atoms with van der Waals surface area (Å²) in [6, 6.07) is 8.25. The number of benzene rings is 1. The molecule has 1 saturated carbocycles. The second-order valence-corrected chi connectivity index (χ2v) is 7.84. The fraction of sp³-hybridized carbons (Fsp3) is 0.636. The molecule has 2 unspecified atom stereocenters. The molecule has 0 spiro atoms. The number of nitrogens with one attached hydrogen (secondary N) is 1. The van der Waals surface area contributed by atoms with Gasteiger partial charge in [0.15, 0.2) is 0 Å². The number of phenols is 1. The van der Waals surface area contributed by atoms with Crippen molar-refractivity contribution in [3.8, 4) is 5.75 Å². The van der Waals surface area contributed by atoms with Gasteiger partial charge in [-0.1, -0.05) is 56.7 Å². The molecular formula is C22H33NO4. The maximum absolute atomic E-state index is 11.9. The van der Waals surface area contributed by atoms with Crippen molar-refractivity contribution in [2.24, 2.45) is 11.8 Å². The molecule has 150 valence electrons. The van der Waals surface area contributed by atoms with Crippen LogP contribution in [0.15, 0.2) is 30.3 Å². The van der Waals surface area contributed by atoms with Gasteiger partial charge in [0, 0.05) is 0 Å². The van der Waals surface area contributed by atoms with E-state index in [1.165, 1.54) is 32.1 Å². The molecule has 1 amide bonds. The molecule has 1 aromatic carbocycles. The number of para-hydroxylation sites is 1. The average molecular weight is 376 g/mol. The molecule has 1 aliphatic heterocycles. The van der Waals surface area contributed by atoms with Gasteiger partial charge < -0.3 is 15.2 Å². The molecular weight excluding hydrogens is 342 g/mol. The number of cyclic esters (lactones) is 1. The van der Waals surface area contributed by atoms with E-state index in [2.05, 4.69) is 5.32 Å². The van der Waals surface area contributed by atoms with Gasteiger partial charge in [0.2, 0.25) is 6.41 Å². The standard InChI is InChI=1S/C16H27NO3.C6H6O/c1-12-9-14(10-13-5-2-3-6-13)7-4-8-15(17-11-18)16(19)20-12;7-6-4-2-1-3-5-6/h11-15H,2-10H2,1H3,(H,17,18);1-5,7H/t12?,14?,15-;/m0./s1. The van der Waals surface area contributed by atoms with Crippen LogP contribution in [0.1, 0.15) is 64.7 Å². The normalized spacial score (nSPS) is 26.6. The first-order valence-corrected chi connectivity index (χ1v) is 10.2. The summed E-state index contributed by atoms with van der Waals surface area (Å²) >= 11 is 0. The van der Waals surface area contributed by atoms with E-state index in [1.807, 2.05) is 13.0 Å². The molecule has 3 atom stereocenters. The van der Waals surface area contributed by atoms with Crippen LogP contribution in [0.2, 0.25) is 0 Å². The van der Waals surface area contributed by atoms with E-state index in [-0.39, 0.29) is 12.1 Å². The number of phenolic OH excluding ortho intramolecular Hbond substituents is 1. The summed E-state index contributed by atoms with van der Waals surface area (Å²) in [4.78, 5) is 22.5. The summed E-state index contributed by atoms with van der Waals surface area (Å²) in [5.74, 6) is 1.59. The second-order valence-electron chi connectivity index (χ2n) is 7.84. The predicted octanol–water partition coefficient (Wildman–Crippen LogP) is 4.20. The first-order valence-electron chi connectivity index (χ1n) is 10.2. The van der Waals surface area contributed by atoms with Crippen LogP contribution in [0.4, 0.5) is 0 Å². The van der Waals surface area contributed by atoms with E-state index in [0.717, 1.165) is 25.2 Å². The van der Waals surface area contributed by atoms with Gasteiger partial charge in [-0.05, 0) is 50.2 Å². The summed E-state index contributed by atoms with van der Waals surface area (Å²) in [7, 11) is 0. The number of amides is 1. The number of carbonyl (C=O) groups excluding carboxylic acids is 2. The zero-order chi connectivity index (χ0) is 19.5. The molecule has 3 rings (SSSR count). The van der Waals surface area contributed by atoms with Crippen LogP contribution in [0.5, 0.6) is 5.75 Å². The van der Waals surface area contributed by atoms with Gasteiger partial charge in [-0.25, -0.2) is 4.79 Å². The smallest absolute Gasteiger partial charge is 0.328 e. The number of hydrogen-bond donors (Lipinski definition) is 2. The van der Waals surface area contributed by atoms with Crippen LogP contribution in [0, 0.1) is 11.8 Å². The minimum Gasteiger partial charge on any atom is -0.508 e. The van der Waals surface area contributed by atoms with Crippen LogP contribution in [0.3, 0.4) is 0 Å². The SMILES string of the molecule is CC1CC(CC2CCCC2)CCC[C@H](NC=O)C(=O)O1.Oc1ccccc1. The lowest BCUT2D eigenvalue weighted by molar-refractivity contribution is -0.152. The van der Waals surface area contributed by atoms with E-state index >= 15 is 0 Å². The molecule has 0 bridgehead atoms. The van der Waals surface area contributed by atoms with Crippen LogP contribution in [-0.4, -0.2) is 29.6 Å². The number of carbonyl (C=O) groups is 2. The summed E-state index contributed by atoms with van der Waals surface area (Å²) in [6.45, 7) is 1.98. The molecule has 5 heteroatoms. The lowest BCUT2D eigenvalue weighted by Crippen LogP contribution is -2.38. The Bertz CT molecular complexity index is 557. The number of hydrogen-bond acceptors (Lipinski definition) is 4. The third-order valence-corrected chi connectivity index (χ3v) is 5.54. The van der Waals surface area contributed by atoms with Crippen molar-refractivity contribution < 1.29 is 19.4 Å². The van der Waals surface area contributed by atoms with E-state index in [4.69, 9.17) is 9.84 Å². The van der Waals surface area contributed by atoms with Gasteiger partial charge in [0.1, 0.15) is 11.8 Å². The highest BCUT2D eigenvalue weighted by Gasteiger charge is 2.27. The van der Waals surface area contributed by atoms with Crippen molar-refractivity contribution in [2.75, 3.05) is 0 Å². The van der Waals surface area contributed by atoms with Gasteiger partial charge in [-0.2, -0.15) is 0 Å². The minimum absolute atomic E-state index is 0.0389. The fourth-order valence-electron chi connectivity index (χ4n) is 4.24. The minimum atomic E-state index is -0.458. The molecule has 2 aliphatic rings. The van der Waals surface area contributed by atoms with Crippen molar-refractivity contribution in [3.63, 3.8) is 0 Å². The second kappa shape index (κ2) is 11.6. The first-order chi connectivity index (χ1) is 13.1. The summed E-state index contributed by atoms with van der Waals surface area (Å²) < 4.78 is 5.47. The molecule has 2 fully saturated rings. The first kappa shape index (κ1) is 21.3. The molecule has 1 saturated heterocycles. The Labute approximate surface area is 162 Å². The Morgan fingerprint density at radius 1 is 1.07 bits per heavy atom. The van der Waals surface area contributed by atoms with Crippen LogP contribution in [0.25, 0.3) is 0 Å². The third kappa shape index (κ3) is 8.02. The average Bonchev–Trinajstić information content (AvgIpc) is 3.15. The van der Waals surface area contributed by atoms with Crippen molar-refractivity contribution in [1.82, 2.24) is 5.32 Å². The third-order valence-electron chi connectivity index (χ3n) is 5.54. The van der Waals surface area contributed by atoms with E-state index in [0.29, 0.717) is 24.5 Å². The van der Waals surface area contributed by atoms with Crippen LogP contribution >= 0.6 is 0 Å². The zero-order valence-electron chi connectivity index (χ0n) is 16.3. The Balaban J connectivity index is 0.000000313. The Morgan fingerprint density at radius 2 is 1.74 bits per heavy atom. The summed E-state index contributed by atoms with van der Waals surface area (Å²) in [5.41, 5.74) is 0. The van der Waals surface area contributed by atoms with Gasteiger partial charge in [-0.15, -0.1) is 0 Å². The molecule has 27 heavy (non-hydrogen) atoms. The summed E-state index contributed by atoms with van der Waals surface area (Å²) in [5, 5.41) is 11.2. The van der Waals surface area contributed by atoms with Gasteiger partial charge in [0.05, 0.1) is 6.10 Å². The molecule has 1 aliphatic carbocycles. The van der Waals surface area contributed by atoms with E-state index in [9.17, 15) is 9.59 Å². The Hall–Kier alpha value is -2.04. The number of esters is 1. The molecule has 1 aromatic rings. The lowest BCUT2D eigenvalue weighted by atomic mass is 9.86. The fourth-order valence-corrected chi connectivity index (χ4v) is 4.24. The van der Waals surface area contributed by atoms with Crippen LogP contribution in [-0.2, 0) is 14.3 Å². The molecule has 0 aromatic heterocycles. The Morgan fingerprint density at radius 3 is 2.33 bits per heavy atom. The van der Waals surface area contributed by atoms with E-state index < -0.39 is 6.04 Å². The lowest BCUT2D eigenvalue weighted by Gasteiger charge is -2.22. The van der Waals surface area contributed by atoms with Crippen molar-refractivity contribution >= 4 is 12.4 Å². The monoisotopic (exact) mass is 375 g/mol. The number of ether oxygens (including phenoxy) is 1. The van der Waals surface area contributed by atoms with Gasteiger partial charge in [-0.3, -0.25) is 4.79 Å². The summed E-state index contributed by atoms with van der Waals surface area (Å²) in [6.07, 6.45) is 11.2. The van der Waals surface area contributed by atoms with Gasteiger partial charge in [0.25, 0.3) is 0 Å². The highest BCUT2D eigenvalue weighted by atomic mass is 16.5. The largest absolute Gasteiger partial charge is 0.508 e. The molecule has 1 heterocycles. The Kier molecular flexibility index (Phi) is 9.16. The zero-order valence-corrected chi connectivity index (χ0v) is 16.3. The van der Waals surface area contributed by atoms with Crippen molar-refractivity contribution in [2.45, 2.75) is 76.9 Å². The van der Waals surface area contributed by atoms with Crippen molar-refractivity contribution in [1.29, 1.82) is 0 Å². The number of aromatic hydroxyl groups is 1. The topological polar surface area (TPSA) is 75.6 Å². The molecule has 0 radical (unpaired) electrons. The maximum Gasteiger partial charge on any atom is 0.328 e. The predicted molar refractivity (Wildman–Crippen MR) is 105 cm³/mol. The van der Waals surface area contributed by atoms with Crippen LogP contribution < -0.4 is 5.32 Å². The van der Waals surface area contributed by atoms with Gasteiger partial charge >= 0.3 is 5.97 Å². The highest BCUT2D eigenvalue weighted by molar-refractivity contribution is 5.78.